The maximum absolute atomic E-state index is 16.4. The zero-order valence-corrected chi connectivity index (χ0v) is 23.0. The summed E-state index contributed by atoms with van der Waals surface area (Å²) in [6.45, 7) is 2.52. The van der Waals surface area contributed by atoms with Gasteiger partial charge < -0.3 is 24.1 Å². The number of para-hydroxylation sites is 1. The Hall–Kier alpha value is -3.92. The van der Waals surface area contributed by atoms with Crippen LogP contribution in [0.1, 0.15) is 49.4 Å². The number of hydrogen-bond donors (Lipinski definition) is 1. The minimum absolute atomic E-state index is 0.0862. The van der Waals surface area contributed by atoms with Gasteiger partial charge in [0.05, 0.1) is 29.6 Å². The number of likely N-dealkylation sites (N-methyl/N-ethyl adjacent to an activating group) is 1. The molecule has 0 aliphatic carbocycles. The van der Waals surface area contributed by atoms with Crippen molar-refractivity contribution in [1.29, 1.82) is 0 Å². The van der Waals surface area contributed by atoms with Crippen LogP contribution in [0.2, 0.25) is 0 Å². The van der Waals surface area contributed by atoms with Crippen LogP contribution in [0.25, 0.3) is 33.1 Å². The van der Waals surface area contributed by atoms with Gasteiger partial charge in [0.2, 0.25) is 5.88 Å². The van der Waals surface area contributed by atoms with Crippen LogP contribution in [0.3, 0.4) is 0 Å². The molecule has 0 spiro atoms. The number of carbonyl (C=O) groups is 1. The summed E-state index contributed by atoms with van der Waals surface area (Å²) in [4.78, 5) is 29.5. The van der Waals surface area contributed by atoms with E-state index < -0.39 is 5.82 Å². The molecule has 4 aliphatic heterocycles. The Morgan fingerprint density at radius 3 is 2.98 bits per heavy atom. The Morgan fingerprint density at radius 2 is 2.10 bits per heavy atom. The van der Waals surface area contributed by atoms with E-state index in [0.29, 0.717) is 47.9 Å². The first-order chi connectivity index (χ1) is 20.1. The number of ether oxygens (including phenoxy) is 3. The van der Waals surface area contributed by atoms with Crippen molar-refractivity contribution in [2.45, 2.75) is 56.7 Å². The highest BCUT2D eigenvalue weighted by Crippen LogP contribution is 2.43. The predicted molar refractivity (Wildman–Crippen MR) is 151 cm³/mol. The number of aromatic nitrogens is 3. The van der Waals surface area contributed by atoms with E-state index in [4.69, 9.17) is 19.2 Å². The van der Waals surface area contributed by atoms with Crippen LogP contribution in [0.15, 0.2) is 30.5 Å². The number of benzene rings is 1. The fourth-order valence-electron chi connectivity index (χ4n) is 7.08. The first kappa shape index (κ1) is 24.8. The van der Waals surface area contributed by atoms with Gasteiger partial charge in [0.25, 0.3) is 0 Å². The Bertz CT molecular complexity index is 1690. The number of aromatic amines is 1. The van der Waals surface area contributed by atoms with Crippen molar-refractivity contribution in [3.8, 4) is 22.9 Å². The Labute approximate surface area is 236 Å². The first-order valence-electron chi connectivity index (χ1n) is 14.6. The third kappa shape index (κ3) is 3.94. The number of fused-ring (bicyclic) bond motifs is 5. The topological polar surface area (TPSA) is 92.8 Å². The molecule has 0 bridgehead atoms. The maximum atomic E-state index is 16.4. The fraction of sp³-hybridized carbons (Fsp3) is 0.452. The molecule has 3 unspecified atom stereocenters. The molecule has 3 aromatic heterocycles. The molecule has 4 aliphatic rings. The van der Waals surface area contributed by atoms with Crippen LogP contribution >= 0.6 is 0 Å². The van der Waals surface area contributed by atoms with Crippen LogP contribution in [0.4, 0.5) is 9.18 Å². The van der Waals surface area contributed by atoms with Crippen molar-refractivity contribution in [2.24, 2.45) is 0 Å². The largest absolute Gasteiger partial charge is 0.493 e. The maximum Gasteiger partial charge on any atom is 0.410 e. The zero-order chi connectivity index (χ0) is 27.7. The van der Waals surface area contributed by atoms with Crippen molar-refractivity contribution >= 4 is 27.9 Å². The van der Waals surface area contributed by atoms with Gasteiger partial charge in [0.1, 0.15) is 30.2 Å². The number of amides is 1. The number of nitrogens with zero attached hydrogens (tertiary/aromatic N) is 4. The minimum Gasteiger partial charge on any atom is -0.493 e. The van der Waals surface area contributed by atoms with Gasteiger partial charge >= 0.3 is 6.09 Å². The van der Waals surface area contributed by atoms with Crippen molar-refractivity contribution in [3.63, 3.8) is 0 Å². The number of cyclic esters (lactones) is 1. The summed E-state index contributed by atoms with van der Waals surface area (Å²) >= 11 is 0. The van der Waals surface area contributed by atoms with Crippen LogP contribution in [-0.4, -0.2) is 76.3 Å². The Balaban J connectivity index is 1.27. The number of H-pyrrole nitrogens is 1. The Kier molecular flexibility index (Phi) is 5.80. The number of halogens is 1. The van der Waals surface area contributed by atoms with E-state index in [9.17, 15) is 4.79 Å². The number of nitrogens with one attached hydrogen (secondary N) is 1. The molecular formula is C31H32FN5O4. The highest BCUT2D eigenvalue weighted by atomic mass is 19.1. The molecule has 1 N–H and O–H groups in total. The van der Waals surface area contributed by atoms with Gasteiger partial charge in [-0.3, -0.25) is 9.88 Å². The number of carbonyl (C=O) groups excluding carboxylic acids is 1. The molecule has 3 saturated heterocycles. The molecule has 8 rings (SSSR count). The second kappa shape index (κ2) is 9.58. The van der Waals surface area contributed by atoms with Gasteiger partial charge in [-0.25, -0.2) is 14.2 Å². The molecule has 0 saturated carbocycles. The van der Waals surface area contributed by atoms with E-state index in [-0.39, 0.29) is 35.4 Å². The molecule has 3 fully saturated rings. The number of hydrogen-bond acceptors (Lipinski definition) is 7. The SMILES string of the molecule is CN1CCCC1COc1nc2c(F)c(-c3cccc4c3OCCC4)ncc2c2[nH]c(C3CCC4COC(=O)N43)cc12. The predicted octanol–water partition coefficient (Wildman–Crippen LogP) is 5.37. The molecule has 10 heteroatoms. The molecule has 1 amide bonds. The third-order valence-electron chi connectivity index (χ3n) is 9.29. The molecule has 3 atom stereocenters. The van der Waals surface area contributed by atoms with Gasteiger partial charge in [0, 0.05) is 28.9 Å². The summed E-state index contributed by atoms with van der Waals surface area (Å²) in [5.74, 6) is 0.577. The van der Waals surface area contributed by atoms with Crippen molar-refractivity contribution in [1.82, 2.24) is 24.8 Å². The first-order valence-corrected chi connectivity index (χ1v) is 14.6. The Morgan fingerprint density at radius 1 is 1.17 bits per heavy atom. The number of rotatable bonds is 5. The highest BCUT2D eigenvalue weighted by molar-refractivity contribution is 6.07. The quantitative estimate of drug-likeness (QED) is 0.353. The van der Waals surface area contributed by atoms with Crippen LogP contribution < -0.4 is 9.47 Å². The van der Waals surface area contributed by atoms with Gasteiger partial charge in [-0.15, -0.1) is 0 Å². The van der Waals surface area contributed by atoms with Crippen molar-refractivity contribution in [3.05, 3.63) is 47.5 Å². The highest BCUT2D eigenvalue weighted by Gasteiger charge is 2.44. The molecule has 212 valence electrons. The van der Waals surface area contributed by atoms with E-state index in [2.05, 4.69) is 21.9 Å². The van der Waals surface area contributed by atoms with E-state index in [1.165, 1.54) is 0 Å². The molecular weight excluding hydrogens is 525 g/mol. The summed E-state index contributed by atoms with van der Waals surface area (Å²) in [5, 5.41) is 1.33. The second-order valence-electron chi connectivity index (χ2n) is 11.7. The summed E-state index contributed by atoms with van der Waals surface area (Å²) in [6, 6.07) is 8.02. The van der Waals surface area contributed by atoms with Gasteiger partial charge in [0.15, 0.2) is 5.82 Å². The van der Waals surface area contributed by atoms with E-state index in [1.54, 1.807) is 6.20 Å². The van der Waals surface area contributed by atoms with Crippen LogP contribution in [0.5, 0.6) is 11.6 Å². The summed E-state index contributed by atoms with van der Waals surface area (Å²) in [5.41, 5.74) is 3.69. The monoisotopic (exact) mass is 557 g/mol. The average molecular weight is 558 g/mol. The van der Waals surface area contributed by atoms with Gasteiger partial charge in [-0.2, -0.15) is 0 Å². The molecule has 41 heavy (non-hydrogen) atoms. The smallest absolute Gasteiger partial charge is 0.410 e. The number of aryl methyl sites for hydroxylation is 1. The lowest BCUT2D eigenvalue weighted by Gasteiger charge is -2.21. The van der Waals surface area contributed by atoms with Crippen molar-refractivity contribution in [2.75, 3.05) is 33.4 Å². The normalized spacial score (nSPS) is 24.1. The molecule has 9 nitrogen and oxygen atoms in total. The average Bonchev–Trinajstić information content (AvgIpc) is 3.78. The minimum atomic E-state index is -0.505. The van der Waals surface area contributed by atoms with Crippen LogP contribution in [-0.2, 0) is 11.2 Å². The molecule has 4 aromatic rings. The lowest BCUT2D eigenvalue weighted by Crippen LogP contribution is -2.30. The van der Waals surface area contributed by atoms with E-state index >= 15 is 4.39 Å². The molecule has 0 radical (unpaired) electrons. The lowest BCUT2D eigenvalue weighted by molar-refractivity contribution is 0.149. The van der Waals surface area contributed by atoms with E-state index in [0.717, 1.165) is 61.7 Å². The molecule has 7 heterocycles. The summed E-state index contributed by atoms with van der Waals surface area (Å²) in [7, 11) is 2.10. The standard InChI is InChI=1S/C31H32FN5O4/c1-36-11-3-7-18(36)15-40-30-21-13-23(24-10-9-19-16-41-31(38)37(19)24)34-26(21)22-14-33-27(25(32)28(22)35-30)20-8-2-5-17-6-4-12-39-29(17)20/h2,5,8,13-14,18-19,24,34H,3-4,6-7,9-12,15-16H2,1H3. The second-order valence-corrected chi connectivity index (χ2v) is 11.7. The van der Waals surface area contributed by atoms with E-state index in [1.807, 2.05) is 29.2 Å². The fourth-order valence-corrected chi connectivity index (χ4v) is 7.08. The summed E-state index contributed by atoms with van der Waals surface area (Å²) < 4.78 is 34.1. The molecule has 1 aromatic carbocycles. The van der Waals surface area contributed by atoms with Crippen LogP contribution in [0, 0.1) is 5.82 Å². The third-order valence-corrected chi connectivity index (χ3v) is 9.29. The van der Waals surface area contributed by atoms with Crippen molar-refractivity contribution < 1.29 is 23.4 Å². The number of likely N-dealkylation sites (tertiary alicyclic amines) is 1. The summed E-state index contributed by atoms with van der Waals surface area (Å²) in [6.07, 6.45) is 7.11. The number of pyridine rings is 2. The zero-order valence-electron chi connectivity index (χ0n) is 23.0. The van der Waals surface area contributed by atoms with Gasteiger partial charge in [-0.1, -0.05) is 12.1 Å². The van der Waals surface area contributed by atoms with Gasteiger partial charge in [-0.05, 0) is 69.8 Å². The lowest BCUT2D eigenvalue weighted by atomic mass is 9.99.